The van der Waals surface area contributed by atoms with Gasteiger partial charge in [0.1, 0.15) is 6.29 Å². The number of carbonyl (C=O) groups excluding carboxylic acids is 1. The van der Waals surface area contributed by atoms with E-state index < -0.39 is 0 Å². The molecule has 0 spiro atoms. The molecule has 1 heteroatoms. The Morgan fingerprint density at radius 2 is 2.17 bits per heavy atom. The van der Waals surface area contributed by atoms with E-state index >= 15 is 0 Å². The molecule has 2 atom stereocenters. The Morgan fingerprint density at radius 1 is 1.58 bits per heavy atom. The molecule has 1 saturated carbocycles. The SMILES string of the molecule is C=C(C)[C@@H]1CCC(C)(C)[C@@H]1C=O. The van der Waals surface area contributed by atoms with Crippen LogP contribution >= 0.6 is 0 Å². The van der Waals surface area contributed by atoms with E-state index in [9.17, 15) is 4.79 Å². The third-order valence-electron chi connectivity index (χ3n) is 3.22. The molecule has 0 aromatic heterocycles. The second-order valence-electron chi connectivity index (χ2n) is 4.64. The van der Waals surface area contributed by atoms with Crippen LogP contribution in [0.5, 0.6) is 0 Å². The van der Waals surface area contributed by atoms with Gasteiger partial charge in [0.25, 0.3) is 0 Å². The molecule has 1 aliphatic carbocycles. The quantitative estimate of drug-likeness (QED) is 0.455. The van der Waals surface area contributed by atoms with Crippen molar-refractivity contribution in [3.63, 3.8) is 0 Å². The van der Waals surface area contributed by atoms with Crippen LogP contribution in [0.15, 0.2) is 12.2 Å². The molecule has 0 heterocycles. The zero-order valence-corrected chi connectivity index (χ0v) is 8.26. The average Bonchev–Trinajstić information content (AvgIpc) is 2.24. The zero-order chi connectivity index (χ0) is 9.35. The Balaban J connectivity index is 2.83. The molecule has 1 nitrogen and oxygen atoms in total. The number of hydrogen-bond donors (Lipinski definition) is 0. The smallest absolute Gasteiger partial charge is 0.124 e. The highest BCUT2D eigenvalue weighted by Crippen LogP contribution is 2.47. The maximum Gasteiger partial charge on any atom is 0.124 e. The summed E-state index contributed by atoms with van der Waals surface area (Å²) in [6.45, 7) is 10.3. The molecule has 1 fully saturated rings. The Labute approximate surface area is 74.9 Å². The van der Waals surface area contributed by atoms with Gasteiger partial charge in [-0.2, -0.15) is 0 Å². The Kier molecular flexibility index (Phi) is 2.41. The summed E-state index contributed by atoms with van der Waals surface area (Å²) in [6, 6.07) is 0. The molecule has 0 radical (unpaired) electrons. The minimum Gasteiger partial charge on any atom is -0.303 e. The average molecular weight is 166 g/mol. The predicted octanol–water partition coefficient (Wildman–Crippen LogP) is 2.81. The summed E-state index contributed by atoms with van der Waals surface area (Å²) in [4.78, 5) is 10.9. The van der Waals surface area contributed by atoms with Crippen LogP contribution in [0.4, 0.5) is 0 Å². The van der Waals surface area contributed by atoms with Crippen molar-refractivity contribution in [3.8, 4) is 0 Å². The molecule has 68 valence electrons. The van der Waals surface area contributed by atoms with Crippen molar-refractivity contribution in [2.45, 2.75) is 33.6 Å². The first-order chi connectivity index (χ1) is 5.49. The normalized spacial score (nSPS) is 33.2. The van der Waals surface area contributed by atoms with E-state index in [1.165, 1.54) is 0 Å². The Morgan fingerprint density at radius 3 is 2.50 bits per heavy atom. The third-order valence-corrected chi connectivity index (χ3v) is 3.22. The maximum absolute atomic E-state index is 10.9. The highest BCUT2D eigenvalue weighted by molar-refractivity contribution is 5.57. The van der Waals surface area contributed by atoms with Gasteiger partial charge in [-0.05, 0) is 31.1 Å². The summed E-state index contributed by atoms with van der Waals surface area (Å²) in [5.74, 6) is 0.618. The van der Waals surface area contributed by atoms with Gasteiger partial charge in [-0.1, -0.05) is 26.0 Å². The fraction of sp³-hybridized carbons (Fsp3) is 0.727. The van der Waals surface area contributed by atoms with E-state index in [1.807, 2.05) is 6.92 Å². The lowest BCUT2D eigenvalue weighted by molar-refractivity contribution is -0.114. The second-order valence-corrected chi connectivity index (χ2v) is 4.64. The standard InChI is InChI=1S/C11H18O/c1-8(2)9-5-6-11(3,4)10(9)7-12/h7,9-10H,1,5-6H2,2-4H3/t9-,10+/m0/s1. The van der Waals surface area contributed by atoms with E-state index in [2.05, 4.69) is 20.4 Å². The molecule has 1 aliphatic rings. The number of aldehydes is 1. The third kappa shape index (κ3) is 1.45. The summed E-state index contributed by atoms with van der Waals surface area (Å²) in [7, 11) is 0. The van der Waals surface area contributed by atoms with Crippen molar-refractivity contribution in [2.24, 2.45) is 17.3 Å². The molecule has 0 amide bonds. The number of carbonyl (C=O) groups is 1. The van der Waals surface area contributed by atoms with Crippen LogP contribution in [0.25, 0.3) is 0 Å². The largest absolute Gasteiger partial charge is 0.303 e. The van der Waals surface area contributed by atoms with Crippen LogP contribution in [0, 0.1) is 17.3 Å². The second kappa shape index (κ2) is 3.04. The molecule has 0 aromatic rings. The van der Waals surface area contributed by atoms with Crippen LogP contribution in [0.1, 0.15) is 33.6 Å². The minimum absolute atomic E-state index is 0.186. The topological polar surface area (TPSA) is 17.1 Å². The summed E-state index contributed by atoms with van der Waals surface area (Å²) in [6.07, 6.45) is 3.39. The van der Waals surface area contributed by atoms with Crippen LogP contribution in [-0.4, -0.2) is 6.29 Å². The predicted molar refractivity (Wildman–Crippen MR) is 50.9 cm³/mol. The number of hydrogen-bond acceptors (Lipinski definition) is 1. The molecule has 12 heavy (non-hydrogen) atoms. The van der Waals surface area contributed by atoms with Crippen molar-refractivity contribution in [1.82, 2.24) is 0 Å². The van der Waals surface area contributed by atoms with Crippen LogP contribution in [0.2, 0.25) is 0 Å². The molecular formula is C11H18O. The lowest BCUT2D eigenvalue weighted by atomic mass is 9.78. The Hall–Kier alpha value is -0.590. The van der Waals surface area contributed by atoms with E-state index in [0.717, 1.165) is 24.7 Å². The summed E-state index contributed by atoms with van der Waals surface area (Å²) < 4.78 is 0. The van der Waals surface area contributed by atoms with E-state index in [1.54, 1.807) is 0 Å². The van der Waals surface area contributed by atoms with Crippen LogP contribution in [-0.2, 0) is 4.79 Å². The monoisotopic (exact) mass is 166 g/mol. The molecule has 0 saturated heterocycles. The van der Waals surface area contributed by atoms with Gasteiger partial charge in [0.2, 0.25) is 0 Å². The molecule has 0 bridgehead atoms. The maximum atomic E-state index is 10.9. The fourth-order valence-corrected chi connectivity index (χ4v) is 2.25. The zero-order valence-electron chi connectivity index (χ0n) is 8.26. The molecule has 0 aromatic carbocycles. The lowest BCUT2D eigenvalue weighted by Gasteiger charge is -2.25. The first-order valence-corrected chi connectivity index (χ1v) is 4.60. The van der Waals surface area contributed by atoms with E-state index in [4.69, 9.17) is 0 Å². The van der Waals surface area contributed by atoms with Gasteiger partial charge in [0.15, 0.2) is 0 Å². The van der Waals surface area contributed by atoms with Gasteiger partial charge in [0, 0.05) is 5.92 Å². The minimum atomic E-state index is 0.186. The van der Waals surface area contributed by atoms with Gasteiger partial charge in [-0.15, -0.1) is 0 Å². The summed E-state index contributed by atoms with van der Waals surface area (Å²) >= 11 is 0. The molecule has 0 aliphatic heterocycles. The fourth-order valence-electron chi connectivity index (χ4n) is 2.25. The van der Waals surface area contributed by atoms with Crippen molar-refractivity contribution in [2.75, 3.05) is 0 Å². The van der Waals surface area contributed by atoms with Gasteiger partial charge < -0.3 is 4.79 Å². The molecule has 0 unspecified atom stereocenters. The van der Waals surface area contributed by atoms with Crippen molar-refractivity contribution >= 4 is 6.29 Å². The lowest BCUT2D eigenvalue weighted by Crippen LogP contribution is -2.23. The highest BCUT2D eigenvalue weighted by Gasteiger charge is 2.41. The molecular weight excluding hydrogens is 148 g/mol. The van der Waals surface area contributed by atoms with Gasteiger partial charge in [-0.25, -0.2) is 0 Å². The van der Waals surface area contributed by atoms with Gasteiger partial charge in [-0.3, -0.25) is 0 Å². The van der Waals surface area contributed by atoms with Crippen molar-refractivity contribution < 1.29 is 4.79 Å². The first-order valence-electron chi connectivity index (χ1n) is 4.60. The molecule has 1 rings (SSSR count). The first kappa shape index (κ1) is 9.50. The highest BCUT2D eigenvalue weighted by atomic mass is 16.1. The molecule has 0 N–H and O–H groups in total. The summed E-state index contributed by atoms with van der Waals surface area (Å²) in [5, 5.41) is 0. The van der Waals surface area contributed by atoms with Crippen LogP contribution in [0.3, 0.4) is 0 Å². The van der Waals surface area contributed by atoms with E-state index in [0.29, 0.717) is 5.92 Å². The number of rotatable bonds is 2. The van der Waals surface area contributed by atoms with E-state index in [-0.39, 0.29) is 11.3 Å². The van der Waals surface area contributed by atoms with Crippen LogP contribution < -0.4 is 0 Å². The van der Waals surface area contributed by atoms with Crippen molar-refractivity contribution in [3.05, 3.63) is 12.2 Å². The van der Waals surface area contributed by atoms with Gasteiger partial charge in [0.05, 0.1) is 0 Å². The number of allylic oxidation sites excluding steroid dienone is 1. The Bertz CT molecular complexity index is 203. The van der Waals surface area contributed by atoms with Crippen molar-refractivity contribution in [1.29, 1.82) is 0 Å². The summed E-state index contributed by atoms with van der Waals surface area (Å²) in [5.41, 5.74) is 1.35. The van der Waals surface area contributed by atoms with Gasteiger partial charge >= 0.3 is 0 Å².